The maximum Gasteiger partial charge on any atom is 0.258 e. The minimum atomic E-state index is -0.540. The Bertz CT molecular complexity index is 2100. The van der Waals surface area contributed by atoms with Gasteiger partial charge >= 0.3 is 0 Å². The van der Waals surface area contributed by atoms with Crippen LogP contribution in [0.4, 0.5) is 5.69 Å². The number of nitrogens with one attached hydrogen (secondary N) is 1. The number of aromatic nitrogens is 8. The van der Waals surface area contributed by atoms with Crippen molar-refractivity contribution in [1.29, 1.82) is 5.26 Å². The molecule has 46 heavy (non-hydrogen) atoms. The van der Waals surface area contributed by atoms with Crippen LogP contribution in [-0.4, -0.2) is 58.4 Å². The molecule has 0 saturated heterocycles. The highest BCUT2D eigenvalue weighted by atomic mass is 35.5. The summed E-state index contributed by atoms with van der Waals surface area (Å²) >= 11 is 6.35. The first-order valence-corrected chi connectivity index (χ1v) is 15.0. The van der Waals surface area contributed by atoms with Crippen LogP contribution in [0.2, 0.25) is 5.02 Å². The fourth-order valence-corrected chi connectivity index (χ4v) is 5.99. The Hall–Kier alpha value is -5.55. The van der Waals surface area contributed by atoms with Crippen LogP contribution in [0.1, 0.15) is 43.6 Å². The van der Waals surface area contributed by atoms with Gasteiger partial charge in [-0.05, 0) is 37.1 Å². The molecule has 7 rings (SSSR count). The van der Waals surface area contributed by atoms with E-state index in [1.54, 1.807) is 40.7 Å². The lowest BCUT2D eigenvalue weighted by atomic mass is 9.96. The van der Waals surface area contributed by atoms with Gasteiger partial charge < -0.3 is 14.8 Å². The zero-order chi connectivity index (χ0) is 31.9. The Morgan fingerprint density at radius 2 is 1.96 bits per heavy atom. The Balaban J connectivity index is 1.36. The third-order valence-corrected chi connectivity index (χ3v) is 8.38. The van der Waals surface area contributed by atoms with Crippen LogP contribution in [-0.2, 0) is 11.8 Å². The van der Waals surface area contributed by atoms with Crippen molar-refractivity contribution in [2.45, 2.75) is 32.2 Å². The Labute approximate surface area is 267 Å². The Morgan fingerprint density at radius 3 is 2.76 bits per heavy atom. The molecule has 15 heteroatoms. The number of hydrogen-bond acceptors (Lipinski definition) is 10. The van der Waals surface area contributed by atoms with E-state index in [0.717, 1.165) is 0 Å². The molecule has 0 saturated carbocycles. The summed E-state index contributed by atoms with van der Waals surface area (Å²) < 4.78 is 16.6. The summed E-state index contributed by atoms with van der Waals surface area (Å²) in [5.74, 6) is 0.338. The van der Waals surface area contributed by atoms with Crippen molar-refractivity contribution >= 4 is 23.2 Å². The summed E-state index contributed by atoms with van der Waals surface area (Å²) in [6, 6.07) is 9.80. The molecule has 0 aliphatic carbocycles. The number of ether oxygens (including phenoxy) is 2. The molecular weight excluding hydrogens is 612 g/mol. The second kappa shape index (κ2) is 11.8. The molecule has 2 aliphatic rings. The van der Waals surface area contributed by atoms with E-state index in [1.807, 2.05) is 19.1 Å². The van der Waals surface area contributed by atoms with E-state index >= 15 is 0 Å². The summed E-state index contributed by atoms with van der Waals surface area (Å²) in [5.41, 5.74) is 3.66. The standard InChI is InChI=1S/C31H27ClN10O4/c1-17-4-3-5-26(23-11-21(29-31(37-23)46-9-8-45-29)28-24(36-30(17)44)14-35-40(28)2)41-16-34-22(12-27(41)43)20-10-18(32)6-7-25(20)42-15-19(13-33)38-39-42/h6-7,10-12,14-17,26H,3-5,8-9H2,1-2H3,(H,36,44)/t17-,26+/m1/s1. The van der Waals surface area contributed by atoms with Crippen molar-refractivity contribution in [2.75, 3.05) is 18.5 Å². The SMILES string of the molecule is C[C@@H]1CCC[C@H](n2cnc(-c3cc(Cl)ccc3-n3cc(C#N)nn3)cc2=O)c2cc(c3c(n2)OCCO3)-c2c(cnn2C)NC1=O. The minimum Gasteiger partial charge on any atom is -0.484 e. The normalized spacial score (nSPS) is 17.7. The van der Waals surface area contributed by atoms with Crippen LogP contribution in [0.25, 0.3) is 28.2 Å². The van der Waals surface area contributed by atoms with Gasteiger partial charge in [-0.2, -0.15) is 10.4 Å². The summed E-state index contributed by atoms with van der Waals surface area (Å²) in [7, 11) is 1.78. The molecule has 0 spiro atoms. The smallest absolute Gasteiger partial charge is 0.258 e. The summed E-state index contributed by atoms with van der Waals surface area (Å²) in [5, 5.41) is 25.0. The third-order valence-electron chi connectivity index (χ3n) is 8.15. The van der Waals surface area contributed by atoms with E-state index in [9.17, 15) is 14.9 Å². The molecule has 6 heterocycles. The van der Waals surface area contributed by atoms with Crippen molar-refractivity contribution in [1.82, 2.24) is 39.3 Å². The molecule has 1 N–H and O–H groups in total. The monoisotopic (exact) mass is 638 g/mol. The first-order valence-electron chi connectivity index (χ1n) is 14.7. The van der Waals surface area contributed by atoms with Gasteiger partial charge in [-0.15, -0.1) is 5.10 Å². The largest absolute Gasteiger partial charge is 0.484 e. The lowest BCUT2D eigenvalue weighted by Gasteiger charge is -2.26. The van der Waals surface area contributed by atoms with E-state index < -0.39 is 6.04 Å². The van der Waals surface area contributed by atoms with E-state index in [2.05, 4.69) is 25.7 Å². The molecule has 0 fully saturated rings. The molecule has 0 unspecified atom stereocenters. The number of rotatable bonds is 3. The molecule has 14 nitrogen and oxygen atoms in total. The average molecular weight is 639 g/mol. The number of hydrogen-bond donors (Lipinski definition) is 1. The quantitative estimate of drug-likeness (QED) is 0.306. The van der Waals surface area contributed by atoms with Gasteiger partial charge in [-0.3, -0.25) is 18.8 Å². The number of anilines is 1. The second-order valence-corrected chi connectivity index (χ2v) is 11.6. The van der Waals surface area contributed by atoms with E-state index in [0.29, 0.717) is 88.7 Å². The average Bonchev–Trinajstić information content (AvgIpc) is 3.68. The summed E-state index contributed by atoms with van der Waals surface area (Å²) in [6.45, 7) is 2.53. The molecule has 2 aliphatic heterocycles. The summed E-state index contributed by atoms with van der Waals surface area (Å²) in [4.78, 5) is 36.6. The zero-order valence-electron chi connectivity index (χ0n) is 24.8. The number of pyridine rings is 1. The van der Waals surface area contributed by atoms with Crippen molar-refractivity contribution in [3.8, 4) is 45.9 Å². The molecule has 2 bridgehead atoms. The van der Waals surface area contributed by atoms with Gasteiger partial charge in [0.05, 0.1) is 58.8 Å². The molecule has 2 atom stereocenters. The van der Waals surface area contributed by atoms with Gasteiger partial charge in [0.2, 0.25) is 5.91 Å². The first kappa shape index (κ1) is 29.2. The van der Waals surface area contributed by atoms with Crippen molar-refractivity contribution in [3.05, 3.63) is 75.8 Å². The van der Waals surface area contributed by atoms with Crippen LogP contribution < -0.4 is 20.3 Å². The second-order valence-electron chi connectivity index (χ2n) is 11.1. The number of carbonyl (C=O) groups is 1. The highest BCUT2D eigenvalue weighted by molar-refractivity contribution is 6.31. The van der Waals surface area contributed by atoms with Gasteiger partial charge in [-0.25, -0.2) is 14.6 Å². The number of halogens is 1. The number of fused-ring (bicyclic) bond motifs is 6. The van der Waals surface area contributed by atoms with Gasteiger partial charge in [-0.1, -0.05) is 30.2 Å². The maximum atomic E-state index is 13.9. The number of nitriles is 1. The third kappa shape index (κ3) is 5.24. The molecular formula is C31H27ClN10O4. The fraction of sp³-hybridized carbons (Fsp3) is 0.290. The van der Waals surface area contributed by atoms with Gasteiger partial charge in [0.1, 0.15) is 19.3 Å². The maximum absolute atomic E-state index is 13.9. The van der Waals surface area contributed by atoms with Gasteiger partial charge in [0.15, 0.2) is 11.4 Å². The van der Waals surface area contributed by atoms with Crippen molar-refractivity contribution < 1.29 is 14.3 Å². The minimum absolute atomic E-state index is 0.124. The summed E-state index contributed by atoms with van der Waals surface area (Å²) in [6.07, 6.45) is 6.30. The topological polar surface area (TPSA) is 168 Å². The number of benzene rings is 1. The predicted octanol–water partition coefficient (Wildman–Crippen LogP) is 3.93. The molecule has 232 valence electrons. The molecule has 5 aromatic rings. The zero-order valence-corrected chi connectivity index (χ0v) is 25.6. The van der Waals surface area contributed by atoms with Crippen LogP contribution in [0.15, 0.2) is 53.8 Å². The van der Waals surface area contributed by atoms with E-state index in [1.165, 1.54) is 23.3 Å². The fourth-order valence-electron chi connectivity index (χ4n) is 5.81. The van der Waals surface area contributed by atoms with E-state index in [-0.39, 0.29) is 23.1 Å². The number of aryl methyl sites for hydroxylation is 1. The van der Waals surface area contributed by atoms with Crippen LogP contribution in [0, 0.1) is 17.2 Å². The van der Waals surface area contributed by atoms with Gasteiger partial charge in [0, 0.05) is 29.6 Å². The number of nitrogens with zero attached hydrogens (tertiary/aromatic N) is 9. The van der Waals surface area contributed by atoms with Crippen molar-refractivity contribution in [2.24, 2.45) is 13.0 Å². The van der Waals surface area contributed by atoms with Gasteiger partial charge in [0.25, 0.3) is 11.4 Å². The lowest BCUT2D eigenvalue weighted by molar-refractivity contribution is -0.119. The number of amides is 1. The van der Waals surface area contributed by atoms with E-state index in [4.69, 9.17) is 26.1 Å². The predicted molar refractivity (Wildman–Crippen MR) is 166 cm³/mol. The Morgan fingerprint density at radius 1 is 1.11 bits per heavy atom. The van der Waals surface area contributed by atoms with Crippen LogP contribution >= 0.6 is 11.6 Å². The molecule has 0 radical (unpaired) electrons. The molecule has 1 aromatic carbocycles. The van der Waals surface area contributed by atoms with Crippen molar-refractivity contribution in [3.63, 3.8) is 0 Å². The van der Waals surface area contributed by atoms with Crippen LogP contribution in [0.5, 0.6) is 11.6 Å². The van der Waals surface area contributed by atoms with Crippen LogP contribution in [0.3, 0.4) is 0 Å². The molecule has 4 aromatic heterocycles. The highest BCUT2D eigenvalue weighted by Gasteiger charge is 2.30. The lowest BCUT2D eigenvalue weighted by Crippen LogP contribution is -2.28. The molecule has 1 amide bonds. The number of carbonyl (C=O) groups excluding carboxylic acids is 1. The first-order chi connectivity index (χ1) is 22.3. The highest BCUT2D eigenvalue weighted by Crippen LogP contribution is 2.44. The Kier molecular flexibility index (Phi) is 7.45.